The first kappa shape index (κ1) is 12.5. The smallest absolute Gasteiger partial charge is 0.215 e. The fourth-order valence-corrected chi connectivity index (χ4v) is 3.40. The lowest BCUT2D eigenvalue weighted by Gasteiger charge is -2.16. The largest absolute Gasteiger partial charge is 0.249 e. The Labute approximate surface area is 101 Å². The van der Waals surface area contributed by atoms with Gasteiger partial charge in [-0.1, -0.05) is 6.92 Å². The molecule has 1 aliphatic rings. The van der Waals surface area contributed by atoms with Gasteiger partial charge in [-0.15, -0.1) is 0 Å². The van der Waals surface area contributed by atoms with Crippen LogP contribution >= 0.6 is 0 Å². The molecule has 0 radical (unpaired) electrons. The fourth-order valence-electron chi connectivity index (χ4n) is 1.78. The maximum Gasteiger partial charge on any atom is 0.215 e. The Bertz CT molecular complexity index is 478. The van der Waals surface area contributed by atoms with Crippen molar-refractivity contribution in [1.29, 1.82) is 0 Å². The summed E-state index contributed by atoms with van der Waals surface area (Å²) in [7, 11) is -3.18. The van der Waals surface area contributed by atoms with Crippen molar-refractivity contribution in [2.45, 2.75) is 50.9 Å². The van der Waals surface area contributed by atoms with E-state index < -0.39 is 10.0 Å². The number of nitrogens with zero attached hydrogens (tertiary/aromatic N) is 3. The maximum absolute atomic E-state index is 11.9. The van der Waals surface area contributed by atoms with Gasteiger partial charge in [0.25, 0.3) is 0 Å². The molecule has 0 bridgehead atoms. The molecule has 1 aromatic heterocycles. The summed E-state index contributed by atoms with van der Waals surface area (Å²) in [6.07, 6.45) is 3.68. The summed E-state index contributed by atoms with van der Waals surface area (Å²) in [6, 6.07) is -0.275. The standard InChI is InChI=1S/C10H18N4O2S/c1-3-9(10-11-7-12-14(10)4-2)13-17(15,16)8-5-6-8/h7-9,13H,3-6H2,1-2H3/t9-/m0/s1. The highest BCUT2D eigenvalue weighted by atomic mass is 32.2. The minimum Gasteiger partial charge on any atom is -0.249 e. The van der Waals surface area contributed by atoms with E-state index >= 15 is 0 Å². The minimum absolute atomic E-state index is 0.199. The molecule has 1 saturated carbocycles. The Morgan fingerprint density at radius 3 is 2.76 bits per heavy atom. The van der Waals surface area contributed by atoms with Crippen LogP contribution in [0.25, 0.3) is 0 Å². The van der Waals surface area contributed by atoms with Gasteiger partial charge in [0, 0.05) is 6.54 Å². The molecule has 6 nitrogen and oxygen atoms in total. The lowest BCUT2D eigenvalue weighted by atomic mass is 10.2. The van der Waals surface area contributed by atoms with Crippen LogP contribution in [0.1, 0.15) is 45.0 Å². The van der Waals surface area contributed by atoms with Crippen molar-refractivity contribution in [1.82, 2.24) is 19.5 Å². The summed E-state index contributed by atoms with van der Waals surface area (Å²) in [6.45, 7) is 4.59. The number of hydrogen-bond acceptors (Lipinski definition) is 4. The van der Waals surface area contributed by atoms with Gasteiger partial charge in [0.1, 0.15) is 12.2 Å². The van der Waals surface area contributed by atoms with Crippen LogP contribution in [0.5, 0.6) is 0 Å². The normalized spacial score (nSPS) is 18.2. The number of aryl methyl sites for hydroxylation is 1. The van der Waals surface area contributed by atoms with Crippen LogP contribution in [-0.4, -0.2) is 28.4 Å². The SMILES string of the molecule is CC[C@H](NS(=O)(=O)C1CC1)c1ncnn1CC. The van der Waals surface area contributed by atoms with Gasteiger partial charge in [-0.05, 0) is 26.2 Å². The molecular formula is C10H18N4O2S. The zero-order valence-corrected chi connectivity index (χ0v) is 10.9. The summed E-state index contributed by atoms with van der Waals surface area (Å²) in [4.78, 5) is 4.15. The molecule has 0 aromatic carbocycles. The van der Waals surface area contributed by atoms with Crippen LogP contribution in [0.4, 0.5) is 0 Å². The highest BCUT2D eigenvalue weighted by molar-refractivity contribution is 7.90. The van der Waals surface area contributed by atoms with Crippen LogP contribution < -0.4 is 4.72 Å². The second kappa shape index (κ2) is 4.73. The topological polar surface area (TPSA) is 76.9 Å². The molecular weight excluding hydrogens is 240 g/mol. The minimum atomic E-state index is -3.18. The Balaban J connectivity index is 2.16. The van der Waals surface area contributed by atoms with Crippen molar-refractivity contribution in [2.24, 2.45) is 0 Å². The van der Waals surface area contributed by atoms with E-state index in [0.717, 1.165) is 12.8 Å². The molecule has 1 atom stereocenters. The first-order valence-corrected chi connectivity index (χ1v) is 7.52. The van der Waals surface area contributed by atoms with Gasteiger partial charge in [0.15, 0.2) is 0 Å². The maximum atomic E-state index is 11.9. The van der Waals surface area contributed by atoms with Gasteiger partial charge in [-0.2, -0.15) is 5.10 Å². The van der Waals surface area contributed by atoms with Crippen LogP contribution in [0.3, 0.4) is 0 Å². The van der Waals surface area contributed by atoms with E-state index in [4.69, 9.17) is 0 Å². The molecule has 0 aliphatic heterocycles. The van der Waals surface area contributed by atoms with Gasteiger partial charge in [-0.3, -0.25) is 0 Å². The molecule has 0 saturated heterocycles. The van der Waals surface area contributed by atoms with Gasteiger partial charge in [0.2, 0.25) is 10.0 Å². The molecule has 0 unspecified atom stereocenters. The summed E-state index contributed by atoms with van der Waals surface area (Å²) >= 11 is 0. The molecule has 1 fully saturated rings. The Morgan fingerprint density at radius 1 is 1.53 bits per heavy atom. The lowest BCUT2D eigenvalue weighted by molar-refractivity contribution is 0.502. The third kappa shape index (κ3) is 2.66. The summed E-state index contributed by atoms with van der Waals surface area (Å²) in [5.41, 5.74) is 0. The van der Waals surface area contributed by atoms with E-state index in [0.29, 0.717) is 18.8 Å². The number of nitrogens with one attached hydrogen (secondary N) is 1. The van der Waals surface area contributed by atoms with E-state index in [-0.39, 0.29) is 11.3 Å². The molecule has 17 heavy (non-hydrogen) atoms. The highest BCUT2D eigenvalue weighted by Gasteiger charge is 2.37. The van der Waals surface area contributed by atoms with Crippen LogP contribution in [0.2, 0.25) is 0 Å². The van der Waals surface area contributed by atoms with E-state index in [1.165, 1.54) is 6.33 Å². The van der Waals surface area contributed by atoms with Crippen molar-refractivity contribution in [3.05, 3.63) is 12.2 Å². The van der Waals surface area contributed by atoms with Crippen molar-refractivity contribution in [3.63, 3.8) is 0 Å². The third-order valence-corrected chi connectivity index (χ3v) is 4.90. The second-order valence-corrected chi connectivity index (χ2v) is 6.25. The molecule has 7 heteroatoms. The number of sulfonamides is 1. The summed E-state index contributed by atoms with van der Waals surface area (Å²) < 4.78 is 28.2. The molecule has 1 heterocycles. The average molecular weight is 258 g/mol. The van der Waals surface area contributed by atoms with Crippen molar-refractivity contribution < 1.29 is 8.42 Å². The van der Waals surface area contributed by atoms with Gasteiger partial charge in [-0.25, -0.2) is 22.8 Å². The number of rotatable bonds is 6. The summed E-state index contributed by atoms with van der Waals surface area (Å²) in [5, 5.41) is 3.87. The Kier molecular flexibility index (Phi) is 3.48. The summed E-state index contributed by atoms with van der Waals surface area (Å²) in [5.74, 6) is 0.694. The number of aromatic nitrogens is 3. The molecule has 1 aromatic rings. The van der Waals surface area contributed by atoms with Crippen LogP contribution in [0.15, 0.2) is 6.33 Å². The first-order chi connectivity index (χ1) is 8.08. The van der Waals surface area contributed by atoms with E-state index in [1.54, 1.807) is 4.68 Å². The first-order valence-electron chi connectivity index (χ1n) is 5.97. The van der Waals surface area contributed by atoms with Crippen LogP contribution in [0, 0.1) is 0 Å². The highest BCUT2D eigenvalue weighted by Crippen LogP contribution is 2.29. The quantitative estimate of drug-likeness (QED) is 0.820. The zero-order chi connectivity index (χ0) is 12.5. The fraction of sp³-hybridized carbons (Fsp3) is 0.800. The second-order valence-electron chi connectivity index (χ2n) is 4.26. The van der Waals surface area contributed by atoms with E-state index in [1.807, 2.05) is 13.8 Å². The molecule has 96 valence electrons. The molecule has 1 aliphatic carbocycles. The lowest BCUT2D eigenvalue weighted by Crippen LogP contribution is -2.32. The van der Waals surface area contributed by atoms with Gasteiger partial charge in [0.05, 0.1) is 11.3 Å². The van der Waals surface area contributed by atoms with Gasteiger partial charge >= 0.3 is 0 Å². The average Bonchev–Trinajstić information content (AvgIpc) is 3.06. The van der Waals surface area contributed by atoms with E-state index in [2.05, 4.69) is 14.8 Å². The third-order valence-electron chi connectivity index (χ3n) is 2.93. The van der Waals surface area contributed by atoms with Crippen molar-refractivity contribution >= 4 is 10.0 Å². The molecule has 1 N–H and O–H groups in total. The molecule has 0 spiro atoms. The number of hydrogen-bond donors (Lipinski definition) is 1. The van der Waals surface area contributed by atoms with Crippen molar-refractivity contribution in [2.75, 3.05) is 0 Å². The molecule has 2 rings (SSSR count). The predicted molar refractivity (Wildman–Crippen MR) is 63.8 cm³/mol. The monoisotopic (exact) mass is 258 g/mol. The zero-order valence-electron chi connectivity index (χ0n) is 10.1. The van der Waals surface area contributed by atoms with Crippen molar-refractivity contribution in [3.8, 4) is 0 Å². The molecule has 0 amide bonds. The predicted octanol–water partition coefficient (Wildman–Crippen LogP) is 0.831. The van der Waals surface area contributed by atoms with E-state index in [9.17, 15) is 8.42 Å². The van der Waals surface area contributed by atoms with Gasteiger partial charge < -0.3 is 0 Å². The van der Waals surface area contributed by atoms with Crippen LogP contribution in [-0.2, 0) is 16.6 Å². The Hall–Kier alpha value is -0.950. The Morgan fingerprint density at radius 2 is 2.24 bits per heavy atom.